The van der Waals surface area contributed by atoms with E-state index in [1.807, 2.05) is 11.8 Å². The van der Waals surface area contributed by atoms with Crippen LogP contribution in [0, 0.1) is 0 Å². The van der Waals surface area contributed by atoms with Crippen LogP contribution in [0.1, 0.15) is 20.3 Å². The molecule has 0 spiro atoms. The van der Waals surface area contributed by atoms with Crippen molar-refractivity contribution in [3.8, 4) is 0 Å². The lowest BCUT2D eigenvalue weighted by atomic mass is 10.2. The maximum absolute atomic E-state index is 5.55. The molecule has 0 aliphatic carbocycles. The smallest absolute Gasteiger partial charge is 0.157 e. The highest BCUT2D eigenvalue weighted by Gasteiger charge is 2.20. The minimum Gasteiger partial charge on any atom is -0.376 e. The maximum Gasteiger partial charge on any atom is 0.157 e. The normalized spacial score (nSPS) is 38.4. The van der Waals surface area contributed by atoms with Crippen molar-refractivity contribution in [2.75, 3.05) is 26.4 Å². The van der Waals surface area contributed by atoms with Crippen LogP contribution in [0.3, 0.4) is 0 Å². The lowest BCUT2D eigenvalue weighted by molar-refractivity contribution is -0.0832. The average Bonchev–Trinajstić information content (AvgIpc) is 2.27. The molecular formula is C11H20N2O2S. The molecule has 16 heavy (non-hydrogen) atoms. The van der Waals surface area contributed by atoms with Crippen molar-refractivity contribution in [3.05, 3.63) is 0 Å². The number of amidine groups is 1. The van der Waals surface area contributed by atoms with Crippen molar-refractivity contribution < 1.29 is 9.47 Å². The van der Waals surface area contributed by atoms with Gasteiger partial charge in [0.2, 0.25) is 0 Å². The van der Waals surface area contributed by atoms with Gasteiger partial charge in [-0.05, 0) is 13.3 Å². The molecule has 1 N–H and O–H groups in total. The molecular weight excluding hydrogens is 224 g/mol. The van der Waals surface area contributed by atoms with Crippen LogP contribution in [0.5, 0.6) is 0 Å². The van der Waals surface area contributed by atoms with E-state index in [1.165, 1.54) is 6.42 Å². The molecule has 0 radical (unpaired) electrons. The van der Waals surface area contributed by atoms with E-state index in [0.29, 0.717) is 37.7 Å². The van der Waals surface area contributed by atoms with Gasteiger partial charge in [-0.2, -0.15) is 0 Å². The quantitative estimate of drug-likeness (QED) is 0.794. The van der Waals surface area contributed by atoms with E-state index in [9.17, 15) is 0 Å². The predicted octanol–water partition coefficient (Wildman–Crippen LogP) is 1.26. The molecule has 0 saturated carbocycles. The number of nitrogens with zero attached hydrogens (tertiary/aromatic N) is 1. The third kappa shape index (κ3) is 3.64. The van der Waals surface area contributed by atoms with Gasteiger partial charge in [0.25, 0.3) is 0 Å². The second kappa shape index (κ2) is 5.89. The van der Waals surface area contributed by atoms with Gasteiger partial charge in [-0.3, -0.25) is 4.99 Å². The number of rotatable bonds is 2. The molecule has 2 aliphatic rings. The molecule has 2 saturated heterocycles. The van der Waals surface area contributed by atoms with E-state index in [4.69, 9.17) is 9.47 Å². The molecule has 0 aromatic heterocycles. The summed E-state index contributed by atoms with van der Waals surface area (Å²) in [6.45, 7) is 7.24. The predicted molar refractivity (Wildman–Crippen MR) is 67.1 cm³/mol. The lowest BCUT2D eigenvalue weighted by Crippen LogP contribution is -2.39. The Hall–Kier alpha value is -0.260. The molecule has 92 valence electrons. The van der Waals surface area contributed by atoms with E-state index < -0.39 is 0 Å². The van der Waals surface area contributed by atoms with Crippen LogP contribution in [0.4, 0.5) is 0 Å². The first-order valence-electron chi connectivity index (χ1n) is 5.91. The van der Waals surface area contributed by atoms with Gasteiger partial charge < -0.3 is 14.8 Å². The van der Waals surface area contributed by atoms with E-state index in [2.05, 4.69) is 24.2 Å². The van der Waals surface area contributed by atoms with Gasteiger partial charge in [0.15, 0.2) is 5.17 Å². The molecule has 0 aromatic rings. The highest BCUT2D eigenvalue weighted by Crippen LogP contribution is 2.22. The van der Waals surface area contributed by atoms with Gasteiger partial charge in [-0.25, -0.2) is 0 Å². The van der Waals surface area contributed by atoms with Crippen LogP contribution in [-0.2, 0) is 9.47 Å². The topological polar surface area (TPSA) is 42.9 Å². The average molecular weight is 244 g/mol. The summed E-state index contributed by atoms with van der Waals surface area (Å²) in [6, 6.07) is 0.526. The van der Waals surface area contributed by atoms with Crippen LogP contribution in [0.25, 0.3) is 0 Å². The van der Waals surface area contributed by atoms with Gasteiger partial charge in [0.05, 0.1) is 26.4 Å². The first-order valence-corrected chi connectivity index (χ1v) is 6.79. The Balaban J connectivity index is 1.81. The minimum absolute atomic E-state index is 0.135. The SMILES string of the molecule is CC1CC(C)SC(=NCC2COCCO2)N1. The summed E-state index contributed by atoms with van der Waals surface area (Å²) in [7, 11) is 0. The second-order valence-corrected chi connectivity index (χ2v) is 5.85. The van der Waals surface area contributed by atoms with E-state index in [1.54, 1.807) is 0 Å². The summed E-state index contributed by atoms with van der Waals surface area (Å²) in [5, 5.41) is 5.11. The highest BCUT2D eigenvalue weighted by molar-refractivity contribution is 8.14. The number of hydrogen-bond donors (Lipinski definition) is 1. The lowest BCUT2D eigenvalue weighted by Gasteiger charge is -2.27. The molecule has 2 aliphatic heterocycles. The minimum atomic E-state index is 0.135. The molecule has 2 heterocycles. The fourth-order valence-electron chi connectivity index (χ4n) is 1.95. The van der Waals surface area contributed by atoms with E-state index in [0.717, 1.165) is 5.17 Å². The zero-order chi connectivity index (χ0) is 11.4. The number of aliphatic imine (C=N–C) groups is 1. The van der Waals surface area contributed by atoms with Gasteiger partial charge in [-0.15, -0.1) is 0 Å². The monoisotopic (exact) mass is 244 g/mol. The first kappa shape index (κ1) is 12.2. The van der Waals surface area contributed by atoms with Gasteiger partial charge in [0, 0.05) is 11.3 Å². The Kier molecular flexibility index (Phi) is 4.49. The van der Waals surface area contributed by atoms with Crippen molar-refractivity contribution in [1.29, 1.82) is 0 Å². The summed E-state index contributed by atoms with van der Waals surface area (Å²) >= 11 is 1.82. The van der Waals surface area contributed by atoms with Crippen molar-refractivity contribution >= 4 is 16.9 Å². The van der Waals surface area contributed by atoms with Crippen molar-refractivity contribution in [1.82, 2.24) is 5.32 Å². The largest absolute Gasteiger partial charge is 0.376 e. The zero-order valence-electron chi connectivity index (χ0n) is 9.94. The van der Waals surface area contributed by atoms with Crippen LogP contribution in [0.15, 0.2) is 4.99 Å². The molecule has 5 heteroatoms. The molecule has 2 fully saturated rings. The highest BCUT2D eigenvalue weighted by atomic mass is 32.2. The Morgan fingerprint density at radius 1 is 1.44 bits per heavy atom. The Labute approximate surface area is 101 Å². The molecule has 3 unspecified atom stereocenters. The van der Waals surface area contributed by atoms with Crippen LogP contribution in [-0.4, -0.2) is 48.9 Å². The summed E-state index contributed by atoms with van der Waals surface area (Å²) in [4.78, 5) is 4.57. The Morgan fingerprint density at radius 2 is 2.31 bits per heavy atom. The molecule has 0 bridgehead atoms. The Bertz CT molecular complexity index is 242. The van der Waals surface area contributed by atoms with Gasteiger partial charge >= 0.3 is 0 Å². The number of hydrogen-bond acceptors (Lipinski definition) is 4. The zero-order valence-corrected chi connectivity index (χ0v) is 10.8. The Morgan fingerprint density at radius 3 is 3.00 bits per heavy atom. The summed E-state index contributed by atoms with van der Waals surface area (Å²) in [5.41, 5.74) is 0. The third-order valence-electron chi connectivity index (χ3n) is 2.69. The van der Waals surface area contributed by atoms with Crippen LogP contribution >= 0.6 is 11.8 Å². The van der Waals surface area contributed by atoms with Crippen LogP contribution in [0.2, 0.25) is 0 Å². The fraction of sp³-hybridized carbons (Fsp3) is 0.909. The molecule has 0 amide bonds. The van der Waals surface area contributed by atoms with E-state index >= 15 is 0 Å². The number of thioether (sulfide) groups is 1. The number of nitrogens with one attached hydrogen (secondary N) is 1. The molecule has 4 nitrogen and oxygen atoms in total. The third-order valence-corrected chi connectivity index (χ3v) is 3.76. The van der Waals surface area contributed by atoms with Crippen molar-refractivity contribution in [3.63, 3.8) is 0 Å². The molecule has 3 atom stereocenters. The first-order chi connectivity index (χ1) is 7.74. The number of ether oxygens (including phenoxy) is 2. The van der Waals surface area contributed by atoms with Crippen molar-refractivity contribution in [2.45, 2.75) is 37.7 Å². The second-order valence-electron chi connectivity index (χ2n) is 4.42. The summed E-state index contributed by atoms with van der Waals surface area (Å²) in [6.07, 6.45) is 1.34. The van der Waals surface area contributed by atoms with E-state index in [-0.39, 0.29) is 6.10 Å². The van der Waals surface area contributed by atoms with Gasteiger partial charge in [-0.1, -0.05) is 18.7 Å². The van der Waals surface area contributed by atoms with Crippen LogP contribution < -0.4 is 5.32 Å². The fourth-order valence-corrected chi connectivity index (χ4v) is 3.13. The standard InChI is InChI=1S/C11H20N2O2S/c1-8-5-9(2)16-11(13-8)12-6-10-7-14-3-4-15-10/h8-10H,3-7H2,1-2H3,(H,12,13). The molecule has 0 aromatic carbocycles. The maximum atomic E-state index is 5.55. The van der Waals surface area contributed by atoms with Gasteiger partial charge in [0.1, 0.15) is 6.10 Å². The summed E-state index contributed by atoms with van der Waals surface area (Å²) < 4.78 is 10.9. The molecule has 2 rings (SSSR count). The van der Waals surface area contributed by atoms with Crippen molar-refractivity contribution in [2.24, 2.45) is 4.99 Å². The summed E-state index contributed by atoms with van der Waals surface area (Å²) in [5.74, 6) is 0.